The van der Waals surface area contributed by atoms with Gasteiger partial charge in [0.15, 0.2) is 5.03 Å². The molecule has 0 amide bonds. The molecule has 0 atom stereocenters. The average molecular weight is 273 g/mol. The van der Waals surface area contributed by atoms with E-state index in [0.717, 1.165) is 0 Å². The number of aromatic amines is 1. The predicted octanol–water partition coefficient (Wildman–Crippen LogP) is -0.0515. The van der Waals surface area contributed by atoms with Gasteiger partial charge in [0, 0.05) is 0 Å². The molecule has 96 valence electrons. The molecule has 17 heavy (non-hydrogen) atoms. The lowest BCUT2D eigenvalue weighted by molar-refractivity contribution is -0.121. The third kappa shape index (κ3) is 3.42. The number of sulfonamides is 1. The number of nitrogens with zero attached hydrogens (tertiary/aromatic N) is 1. The molecule has 1 aromatic rings. The zero-order valence-corrected chi connectivity index (χ0v) is 8.76. The molecule has 0 fully saturated rings. The molecular weight excluding hydrogens is 267 g/mol. The molecule has 0 spiro atoms. The van der Waals surface area contributed by atoms with Crippen molar-refractivity contribution in [2.24, 2.45) is 0 Å². The molecule has 0 saturated heterocycles. The number of halogens is 3. The third-order valence-corrected chi connectivity index (χ3v) is 2.94. The van der Waals surface area contributed by atoms with Gasteiger partial charge in [-0.1, -0.05) is 0 Å². The maximum absolute atomic E-state index is 11.8. The molecule has 0 unspecified atom stereocenters. The number of carbonyl (C=O) groups is 1. The van der Waals surface area contributed by atoms with Crippen molar-refractivity contribution in [3.05, 3.63) is 11.8 Å². The van der Waals surface area contributed by atoms with Crippen LogP contribution >= 0.6 is 0 Å². The van der Waals surface area contributed by atoms with Crippen molar-refractivity contribution < 1.29 is 31.5 Å². The Morgan fingerprint density at radius 3 is 2.59 bits per heavy atom. The van der Waals surface area contributed by atoms with E-state index in [9.17, 15) is 26.4 Å². The lowest BCUT2D eigenvalue weighted by atomic mass is 10.4. The Balaban J connectivity index is 2.98. The van der Waals surface area contributed by atoms with Crippen molar-refractivity contribution in [2.45, 2.75) is 11.2 Å². The van der Waals surface area contributed by atoms with Gasteiger partial charge in [0.1, 0.15) is 12.1 Å². The number of aromatic carboxylic acids is 1. The van der Waals surface area contributed by atoms with E-state index in [1.54, 1.807) is 0 Å². The Bertz CT molecular complexity index is 521. The van der Waals surface area contributed by atoms with Gasteiger partial charge >= 0.3 is 12.1 Å². The molecular formula is C6H6F3N3O4S. The van der Waals surface area contributed by atoms with Gasteiger partial charge in [-0.05, 0) is 0 Å². The largest absolute Gasteiger partial charge is 0.478 e. The predicted molar refractivity (Wildman–Crippen MR) is 46.8 cm³/mol. The maximum atomic E-state index is 11.8. The van der Waals surface area contributed by atoms with Crippen LogP contribution in [0.2, 0.25) is 0 Å². The van der Waals surface area contributed by atoms with E-state index in [2.05, 4.69) is 5.10 Å². The van der Waals surface area contributed by atoms with E-state index in [1.165, 1.54) is 4.72 Å². The zero-order valence-electron chi connectivity index (χ0n) is 7.95. The van der Waals surface area contributed by atoms with Gasteiger partial charge in [-0.25, -0.2) is 17.9 Å². The second-order valence-corrected chi connectivity index (χ2v) is 4.56. The highest BCUT2D eigenvalue weighted by atomic mass is 32.2. The van der Waals surface area contributed by atoms with E-state index in [-0.39, 0.29) is 0 Å². The van der Waals surface area contributed by atoms with Gasteiger partial charge in [0.05, 0.1) is 6.20 Å². The van der Waals surface area contributed by atoms with E-state index < -0.39 is 39.3 Å². The average Bonchev–Trinajstić information content (AvgIpc) is 2.62. The minimum Gasteiger partial charge on any atom is -0.478 e. The normalized spacial score (nSPS) is 12.6. The highest BCUT2D eigenvalue weighted by Gasteiger charge is 2.32. The number of aromatic nitrogens is 2. The van der Waals surface area contributed by atoms with Crippen molar-refractivity contribution in [1.82, 2.24) is 14.9 Å². The summed E-state index contributed by atoms with van der Waals surface area (Å²) in [5, 5.41) is 12.6. The number of hydrogen-bond donors (Lipinski definition) is 3. The van der Waals surface area contributed by atoms with Crippen molar-refractivity contribution in [3.8, 4) is 0 Å². The Hall–Kier alpha value is -1.62. The number of alkyl halides is 3. The summed E-state index contributed by atoms with van der Waals surface area (Å²) in [6, 6.07) is 0. The molecule has 0 aliphatic heterocycles. The number of carboxylic acids is 1. The first-order chi connectivity index (χ1) is 7.63. The Kier molecular flexibility index (Phi) is 3.43. The highest BCUT2D eigenvalue weighted by Crippen LogP contribution is 2.16. The van der Waals surface area contributed by atoms with Crippen LogP contribution < -0.4 is 4.72 Å². The van der Waals surface area contributed by atoms with Gasteiger partial charge in [-0.3, -0.25) is 5.10 Å². The van der Waals surface area contributed by atoms with E-state index in [0.29, 0.717) is 6.20 Å². The summed E-state index contributed by atoms with van der Waals surface area (Å²) in [7, 11) is -4.59. The number of carboxylic acid groups (broad SMARTS) is 1. The Morgan fingerprint density at radius 1 is 1.53 bits per heavy atom. The number of rotatable bonds is 4. The van der Waals surface area contributed by atoms with Gasteiger partial charge in [0.25, 0.3) is 10.0 Å². The second-order valence-electron chi connectivity index (χ2n) is 2.86. The summed E-state index contributed by atoms with van der Waals surface area (Å²) in [6.45, 7) is -1.80. The fraction of sp³-hybridized carbons (Fsp3) is 0.333. The molecule has 0 aliphatic rings. The highest BCUT2D eigenvalue weighted by molar-refractivity contribution is 7.89. The molecule has 1 aromatic heterocycles. The van der Waals surface area contributed by atoms with Gasteiger partial charge in [0.2, 0.25) is 0 Å². The zero-order chi connectivity index (χ0) is 13.3. The van der Waals surface area contributed by atoms with Crippen LogP contribution in [0.15, 0.2) is 11.2 Å². The first-order valence-electron chi connectivity index (χ1n) is 3.96. The number of hydrogen-bond acceptors (Lipinski definition) is 4. The fourth-order valence-electron chi connectivity index (χ4n) is 0.881. The topological polar surface area (TPSA) is 112 Å². The van der Waals surface area contributed by atoms with Crippen LogP contribution in [-0.2, 0) is 10.0 Å². The second kappa shape index (κ2) is 4.33. The summed E-state index contributed by atoms with van der Waals surface area (Å²) in [6.07, 6.45) is -4.05. The van der Waals surface area contributed by atoms with E-state index in [4.69, 9.17) is 5.11 Å². The molecule has 1 rings (SSSR count). The Morgan fingerprint density at radius 2 is 2.12 bits per heavy atom. The van der Waals surface area contributed by atoms with Crippen LogP contribution in [0.1, 0.15) is 10.4 Å². The summed E-state index contributed by atoms with van der Waals surface area (Å²) in [5.74, 6) is -1.62. The van der Waals surface area contributed by atoms with Crippen LogP contribution in [0, 0.1) is 0 Å². The molecule has 0 aromatic carbocycles. The molecule has 1 heterocycles. The minimum atomic E-state index is -4.74. The van der Waals surface area contributed by atoms with Crippen molar-refractivity contribution in [2.75, 3.05) is 6.54 Å². The summed E-state index contributed by atoms with van der Waals surface area (Å²) >= 11 is 0. The fourth-order valence-corrected chi connectivity index (χ4v) is 1.98. The number of H-pyrrole nitrogens is 1. The molecule has 11 heteroatoms. The van der Waals surface area contributed by atoms with Gasteiger partial charge in [-0.15, -0.1) is 0 Å². The molecule has 0 saturated carbocycles. The molecule has 0 radical (unpaired) electrons. The quantitative estimate of drug-likeness (QED) is 0.712. The van der Waals surface area contributed by atoms with Crippen molar-refractivity contribution in [3.63, 3.8) is 0 Å². The first-order valence-corrected chi connectivity index (χ1v) is 5.45. The molecule has 0 bridgehead atoms. The summed E-state index contributed by atoms with van der Waals surface area (Å²) in [5.41, 5.74) is -0.736. The molecule has 3 N–H and O–H groups in total. The lowest BCUT2D eigenvalue weighted by Crippen LogP contribution is -2.34. The first kappa shape index (κ1) is 13.4. The molecule has 0 aliphatic carbocycles. The minimum absolute atomic E-state index is 0.685. The number of nitrogens with one attached hydrogen (secondary N) is 2. The van der Waals surface area contributed by atoms with E-state index >= 15 is 0 Å². The van der Waals surface area contributed by atoms with Crippen molar-refractivity contribution in [1.29, 1.82) is 0 Å². The standard InChI is InChI=1S/C6H6F3N3O4S/c7-6(8,9)2-11-17(15,16)4-3(5(13)14)1-10-12-4/h1,11H,2H2,(H,10,12)(H,13,14). The maximum Gasteiger partial charge on any atom is 0.402 e. The van der Waals surface area contributed by atoms with Crippen LogP contribution in [0.5, 0.6) is 0 Å². The van der Waals surface area contributed by atoms with Crippen LogP contribution in [0.25, 0.3) is 0 Å². The Labute approximate surface area is 92.7 Å². The lowest BCUT2D eigenvalue weighted by Gasteiger charge is -2.08. The van der Waals surface area contributed by atoms with Gasteiger partial charge < -0.3 is 5.11 Å². The van der Waals surface area contributed by atoms with Crippen molar-refractivity contribution >= 4 is 16.0 Å². The van der Waals surface area contributed by atoms with E-state index in [1.807, 2.05) is 5.10 Å². The smallest absolute Gasteiger partial charge is 0.402 e. The summed E-state index contributed by atoms with van der Waals surface area (Å²) in [4.78, 5) is 10.6. The summed E-state index contributed by atoms with van der Waals surface area (Å²) < 4.78 is 59.3. The van der Waals surface area contributed by atoms with Gasteiger partial charge in [-0.2, -0.15) is 18.3 Å². The molecule has 7 nitrogen and oxygen atoms in total. The monoisotopic (exact) mass is 273 g/mol. The SMILES string of the molecule is O=C(O)c1cn[nH]c1S(=O)(=O)NCC(F)(F)F. The van der Waals surface area contributed by atoms with Crippen LogP contribution in [0.3, 0.4) is 0 Å². The third-order valence-electron chi connectivity index (χ3n) is 1.57. The van der Waals surface area contributed by atoms with Crippen LogP contribution in [-0.4, -0.2) is 42.4 Å². The van der Waals surface area contributed by atoms with Crippen LogP contribution in [0.4, 0.5) is 13.2 Å².